The van der Waals surface area contributed by atoms with Crippen LogP contribution in [-0.2, 0) is 4.79 Å². The van der Waals surface area contributed by atoms with Gasteiger partial charge in [0.15, 0.2) is 0 Å². The Balaban J connectivity index is 2.04. The van der Waals surface area contributed by atoms with Crippen LogP contribution in [-0.4, -0.2) is 20.9 Å². The fraction of sp³-hybridized carbons (Fsp3) is 0.467. The van der Waals surface area contributed by atoms with Crippen molar-refractivity contribution in [3.63, 3.8) is 0 Å². The maximum absolute atomic E-state index is 11.5. The molecule has 0 bridgehead atoms. The van der Waals surface area contributed by atoms with Crippen LogP contribution < -0.4 is 0 Å². The van der Waals surface area contributed by atoms with E-state index in [1.165, 1.54) is 0 Å². The molecule has 1 fully saturated rings. The van der Waals surface area contributed by atoms with Crippen LogP contribution in [0.25, 0.3) is 10.9 Å². The summed E-state index contributed by atoms with van der Waals surface area (Å²) < 4.78 is 1.93. The van der Waals surface area contributed by atoms with Gasteiger partial charge >= 0.3 is 5.97 Å². The van der Waals surface area contributed by atoms with Gasteiger partial charge in [-0.05, 0) is 18.9 Å². The molecule has 1 aliphatic rings. The van der Waals surface area contributed by atoms with Gasteiger partial charge in [0.05, 0.1) is 23.7 Å². The average Bonchev–Trinajstić information content (AvgIpc) is 2.67. The standard InChI is InChI=1S/C15H18N2O2/c18-15(19)12-7-2-1-3-9-14(12)17-13-8-5-4-6-11(13)10-16-17/h4-6,8,10,12,14H,1-3,7,9H2,(H,18,19). The van der Waals surface area contributed by atoms with Crippen LogP contribution in [0.4, 0.5) is 0 Å². The van der Waals surface area contributed by atoms with Crippen LogP contribution in [0.3, 0.4) is 0 Å². The van der Waals surface area contributed by atoms with Crippen molar-refractivity contribution in [1.82, 2.24) is 9.78 Å². The van der Waals surface area contributed by atoms with E-state index in [1.54, 1.807) is 0 Å². The molecule has 1 aromatic carbocycles. The van der Waals surface area contributed by atoms with Gasteiger partial charge in [-0.15, -0.1) is 0 Å². The van der Waals surface area contributed by atoms with Crippen molar-refractivity contribution >= 4 is 16.9 Å². The lowest BCUT2D eigenvalue weighted by atomic mass is 9.95. The molecule has 0 aliphatic heterocycles. The predicted molar refractivity (Wildman–Crippen MR) is 73.0 cm³/mol. The molecule has 0 spiro atoms. The highest BCUT2D eigenvalue weighted by atomic mass is 16.4. The number of benzene rings is 1. The molecule has 4 heteroatoms. The van der Waals surface area contributed by atoms with Crippen molar-refractivity contribution in [3.05, 3.63) is 30.5 Å². The van der Waals surface area contributed by atoms with Gasteiger partial charge in [-0.2, -0.15) is 5.10 Å². The summed E-state index contributed by atoms with van der Waals surface area (Å²) in [6.45, 7) is 0. The van der Waals surface area contributed by atoms with Gasteiger partial charge in [-0.1, -0.05) is 37.5 Å². The lowest BCUT2D eigenvalue weighted by molar-refractivity contribution is -0.143. The Labute approximate surface area is 112 Å². The lowest BCUT2D eigenvalue weighted by Gasteiger charge is -2.22. The predicted octanol–water partition coefficient (Wildman–Crippen LogP) is 3.24. The first-order valence-electron chi connectivity index (χ1n) is 6.92. The first kappa shape index (κ1) is 12.2. The maximum Gasteiger partial charge on any atom is 0.308 e. The summed E-state index contributed by atoms with van der Waals surface area (Å²) in [5, 5.41) is 15.0. The molecule has 100 valence electrons. The van der Waals surface area contributed by atoms with Gasteiger partial charge in [0.2, 0.25) is 0 Å². The minimum absolute atomic E-state index is 0.0140. The third-order valence-electron chi connectivity index (χ3n) is 4.12. The Kier molecular flexibility index (Phi) is 3.23. The second kappa shape index (κ2) is 5.03. The van der Waals surface area contributed by atoms with Crippen molar-refractivity contribution in [1.29, 1.82) is 0 Å². The molecule has 0 amide bonds. The summed E-state index contributed by atoms with van der Waals surface area (Å²) in [5.41, 5.74) is 1.04. The highest BCUT2D eigenvalue weighted by Gasteiger charge is 2.31. The quantitative estimate of drug-likeness (QED) is 0.841. The van der Waals surface area contributed by atoms with E-state index in [0.717, 1.165) is 43.0 Å². The van der Waals surface area contributed by atoms with E-state index in [2.05, 4.69) is 5.10 Å². The molecule has 2 aromatic rings. The first-order chi connectivity index (χ1) is 9.27. The second-order valence-corrected chi connectivity index (χ2v) is 5.30. The number of aliphatic carboxylic acids is 1. The number of carbonyl (C=O) groups is 1. The highest BCUT2D eigenvalue weighted by Crippen LogP contribution is 2.34. The molecule has 1 saturated carbocycles. The molecule has 4 nitrogen and oxygen atoms in total. The Bertz CT molecular complexity index is 591. The number of carboxylic acid groups (broad SMARTS) is 1. The van der Waals surface area contributed by atoms with E-state index in [4.69, 9.17) is 0 Å². The summed E-state index contributed by atoms with van der Waals surface area (Å²) in [7, 11) is 0. The maximum atomic E-state index is 11.5. The van der Waals surface area contributed by atoms with Crippen LogP contribution in [0.15, 0.2) is 30.5 Å². The van der Waals surface area contributed by atoms with Crippen LogP contribution in [0.5, 0.6) is 0 Å². The van der Waals surface area contributed by atoms with E-state index < -0.39 is 5.97 Å². The fourth-order valence-corrected chi connectivity index (χ4v) is 3.13. The summed E-state index contributed by atoms with van der Waals surface area (Å²) in [6.07, 6.45) is 6.71. The topological polar surface area (TPSA) is 55.1 Å². The lowest BCUT2D eigenvalue weighted by Crippen LogP contribution is -2.26. The monoisotopic (exact) mass is 258 g/mol. The summed E-state index contributed by atoms with van der Waals surface area (Å²) >= 11 is 0. The Hall–Kier alpha value is -1.84. The normalized spacial score (nSPS) is 24.2. The number of carboxylic acids is 1. The molecule has 2 atom stereocenters. The Morgan fingerprint density at radius 2 is 2.00 bits per heavy atom. The average molecular weight is 258 g/mol. The number of rotatable bonds is 2. The van der Waals surface area contributed by atoms with Gasteiger partial charge in [-0.3, -0.25) is 9.48 Å². The van der Waals surface area contributed by atoms with Crippen molar-refractivity contribution in [2.24, 2.45) is 5.92 Å². The molecule has 1 aromatic heterocycles. The molecular weight excluding hydrogens is 240 g/mol. The van der Waals surface area contributed by atoms with Crippen molar-refractivity contribution in [2.45, 2.75) is 38.1 Å². The zero-order valence-electron chi connectivity index (χ0n) is 10.8. The number of hydrogen-bond acceptors (Lipinski definition) is 2. The summed E-state index contributed by atoms with van der Waals surface area (Å²) in [6, 6.07) is 7.99. The third-order valence-corrected chi connectivity index (χ3v) is 4.12. The fourth-order valence-electron chi connectivity index (χ4n) is 3.13. The molecule has 3 rings (SSSR count). The van der Waals surface area contributed by atoms with E-state index in [0.29, 0.717) is 0 Å². The highest BCUT2D eigenvalue weighted by molar-refractivity contribution is 5.79. The van der Waals surface area contributed by atoms with Crippen LogP contribution >= 0.6 is 0 Å². The SMILES string of the molecule is O=C(O)C1CCCCCC1n1ncc2ccccc21. The van der Waals surface area contributed by atoms with Gasteiger partial charge in [0.25, 0.3) is 0 Å². The van der Waals surface area contributed by atoms with Gasteiger partial charge in [0.1, 0.15) is 0 Å². The number of aromatic nitrogens is 2. The van der Waals surface area contributed by atoms with Crippen LogP contribution in [0.1, 0.15) is 38.1 Å². The zero-order chi connectivity index (χ0) is 13.2. The third kappa shape index (κ3) is 2.23. The molecule has 2 unspecified atom stereocenters. The zero-order valence-corrected chi connectivity index (χ0v) is 10.8. The molecule has 1 heterocycles. The molecular formula is C15H18N2O2. The Morgan fingerprint density at radius 3 is 2.84 bits per heavy atom. The number of para-hydroxylation sites is 1. The molecule has 1 N–H and O–H groups in total. The van der Waals surface area contributed by atoms with E-state index in [1.807, 2.05) is 35.1 Å². The van der Waals surface area contributed by atoms with E-state index in [-0.39, 0.29) is 12.0 Å². The number of nitrogens with zero attached hydrogens (tertiary/aromatic N) is 2. The largest absolute Gasteiger partial charge is 0.481 e. The molecule has 0 saturated heterocycles. The van der Waals surface area contributed by atoms with Crippen LogP contribution in [0.2, 0.25) is 0 Å². The van der Waals surface area contributed by atoms with Crippen molar-refractivity contribution in [3.8, 4) is 0 Å². The van der Waals surface area contributed by atoms with Crippen molar-refractivity contribution < 1.29 is 9.90 Å². The molecule has 1 aliphatic carbocycles. The second-order valence-electron chi connectivity index (χ2n) is 5.30. The minimum atomic E-state index is -0.688. The van der Waals surface area contributed by atoms with E-state index >= 15 is 0 Å². The first-order valence-corrected chi connectivity index (χ1v) is 6.92. The molecule has 0 radical (unpaired) electrons. The van der Waals surface area contributed by atoms with Crippen molar-refractivity contribution in [2.75, 3.05) is 0 Å². The van der Waals surface area contributed by atoms with Gasteiger partial charge in [-0.25, -0.2) is 0 Å². The van der Waals surface area contributed by atoms with E-state index in [9.17, 15) is 9.90 Å². The summed E-state index contributed by atoms with van der Waals surface area (Å²) in [4.78, 5) is 11.5. The number of fused-ring (bicyclic) bond motifs is 1. The Morgan fingerprint density at radius 1 is 1.21 bits per heavy atom. The van der Waals surface area contributed by atoms with Gasteiger partial charge in [0, 0.05) is 5.39 Å². The smallest absolute Gasteiger partial charge is 0.308 e. The summed E-state index contributed by atoms with van der Waals surface area (Å²) in [5.74, 6) is -1.00. The molecule has 19 heavy (non-hydrogen) atoms. The van der Waals surface area contributed by atoms with Gasteiger partial charge < -0.3 is 5.11 Å². The number of hydrogen-bond donors (Lipinski definition) is 1. The minimum Gasteiger partial charge on any atom is -0.481 e. The van der Waals surface area contributed by atoms with Crippen LogP contribution in [0, 0.1) is 5.92 Å².